The van der Waals surface area contributed by atoms with E-state index in [-0.39, 0.29) is 0 Å². The Morgan fingerprint density at radius 2 is 2.13 bits per heavy atom. The van der Waals surface area contributed by atoms with Crippen molar-refractivity contribution in [3.63, 3.8) is 0 Å². The van der Waals surface area contributed by atoms with Crippen molar-refractivity contribution in [2.45, 2.75) is 24.8 Å². The maximum absolute atomic E-state index is 6.07. The molecule has 1 heterocycles. The van der Waals surface area contributed by atoms with Crippen molar-refractivity contribution in [1.82, 2.24) is 5.32 Å². The summed E-state index contributed by atoms with van der Waals surface area (Å²) in [5, 5.41) is 4.84. The first-order chi connectivity index (χ1) is 7.14. The van der Waals surface area contributed by atoms with Crippen molar-refractivity contribution in [3.05, 3.63) is 33.8 Å². The summed E-state index contributed by atoms with van der Waals surface area (Å²) >= 11 is 12.0. The number of rotatable bonds is 1. The topological polar surface area (TPSA) is 12.0 Å². The number of benzene rings is 1. The molecule has 1 nitrogen and oxygen atoms in total. The molecule has 3 atom stereocenters. The smallest absolute Gasteiger partial charge is 0.0595 e. The van der Waals surface area contributed by atoms with Crippen LogP contribution in [-0.2, 0) is 5.41 Å². The van der Waals surface area contributed by atoms with Gasteiger partial charge in [-0.2, -0.15) is 0 Å². The zero-order valence-electron chi connectivity index (χ0n) is 8.56. The van der Waals surface area contributed by atoms with Crippen molar-refractivity contribution >= 4 is 23.2 Å². The number of hydrogen-bond donors (Lipinski definition) is 1. The minimum absolute atomic E-state index is 0.341. The average molecular weight is 242 g/mol. The Morgan fingerprint density at radius 1 is 1.33 bits per heavy atom. The third-order valence-corrected chi connectivity index (χ3v) is 4.79. The largest absolute Gasteiger partial charge is 0.313 e. The van der Waals surface area contributed by atoms with E-state index in [4.69, 9.17) is 23.2 Å². The van der Waals surface area contributed by atoms with Crippen molar-refractivity contribution in [3.8, 4) is 0 Å². The van der Waals surface area contributed by atoms with E-state index in [1.165, 1.54) is 12.0 Å². The number of piperidine rings is 1. The zero-order valence-corrected chi connectivity index (χ0v) is 10.1. The first-order valence-electron chi connectivity index (χ1n) is 5.33. The van der Waals surface area contributed by atoms with Crippen LogP contribution in [0.4, 0.5) is 0 Å². The lowest BCUT2D eigenvalue weighted by atomic mass is 9.89. The highest BCUT2D eigenvalue weighted by Gasteiger charge is 2.62. The van der Waals surface area contributed by atoms with E-state index in [1.54, 1.807) is 0 Å². The maximum Gasteiger partial charge on any atom is 0.0595 e. The number of halogens is 2. The minimum atomic E-state index is 0.341. The molecule has 80 valence electrons. The monoisotopic (exact) mass is 241 g/mol. The van der Waals surface area contributed by atoms with Gasteiger partial charge in [-0.3, -0.25) is 0 Å². The molecule has 1 aromatic carbocycles. The third-order valence-electron chi connectivity index (χ3n) is 4.05. The highest BCUT2D eigenvalue weighted by Crippen LogP contribution is 2.59. The maximum atomic E-state index is 6.07. The van der Waals surface area contributed by atoms with E-state index in [0.29, 0.717) is 21.5 Å². The predicted octanol–water partition coefficient (Wildman–Crippen LogP) is 3.24. The van der Waals surface area contributed by atoms with Crippen molar-refractivity contribution in [2.75, 3.05) is 6.54 Å². The zero-order chi connectivity index (χ0) is 10.6. The van der Waals surface area contributed by atoms with Gasteiger partial charge in [0.05, 0.1) is 10.0 Å². The predicted molar refractivity (Wildman–Crippen MR) is 63.7 cm³/mol. The molecule has 1 N–H and O–H groups in total. The molecule has 1 unspecified atom stereocenters. The molecule has 2 fully saturated rings. The summed E-state index contributed by atoms with van der Waals surface area (Å²) in [6, 6.07) is 6.62. The molecule has 3 rings (SSSR count). The van der Waals surface area contributed by atoms with Gasteiger partial charge in [0.2, 0.25) is 0 Å². The van der Waals surface area contributed by atoms with Gasteiger partial charge in [-0.25, -0.2) is 0 Å². The molecule has 0 radical (unpaired) electrons. The normalized spacial score (nSPS) is 37.8. The Labute approximate surface area is 99.8 Å². The van der Waals surface area contributed by atoms with E-state index in [1.807, 2.05) is 12.1 Å². The van der Waals surface area contributed by atoms with Crippen LogP contribution < -0.4 is 5.32 Å². The first-order valence-corrected chi connectivity index (χ1v) is 6.09. The molecule has 1 aliphatic heterocycles. The van der Waals surface area contributed by atoms with Crippen molar-refractivity contribution < 1.29 is 0 Å². The average Bonchev–Trinajstić information content (AvgIpc) is 2.87. The van der Waals surface area contributed by atoms with E-state index >= 15 is 0 Å². The summed E-state index contributed by atoms with van der Waals surface area (Å²) < 4.78 is 0. The summed E-state index contributed by atoms with van der Waals surface area (Å²) in [7, 11) is 0. The van der Waals surface area contributed by atoms with Gasteiger partial charge < -0.3 is 5.32 Å². The molecular weight excluding hydrogens is 229 g/mol. The summed E-state index contributed by atoms with van der Waals surface area (Å²) in [5.41, 5.74) is 1.69. The van der Waals surface area contributed by atoms with E-state index in [9.17, 15) is 0 Å². The standard InChI is InChI=1S/C12H13Cl2N/c1-7-12(5-9(12)6-15-7)8-2-3-10(13)11(14)4-8/h2-4,7,9,15H,5-6H2,1H3/t7?,9-,12-/m0/s1. The van der Waals surface area contributed by atoms with Gasteiger partial charge in [0.15, 0.2) is 0 Å². The Morgan fingerprint density at radius 3 is 2.67 bits per heavy atom. The van der Waals surface area contributed by atoms with E-state index in [0.717, 1.165) is 12.5 Å². The Hall–Kier alpha value is -0.240. The van der Waals surface area contributed by atoms with Crippen LogP contribution in [-0.4, -0.2) is 12.6 Å². The Balaban J connectivity index is 2.03. The van der Waals surface area contributed by atoms with Gasteiger partial charge in [-0.1, -0.05) is 29.3 Å². The third kappa shape index (κ3) is 1.27. The quantitative estimate of drug-likeness (QED) is 0.797. The van der Waals surface area contributed by atoms with Gasteiger partial charge in [-0.15, -0.1) is 0 Å². The fourth-order valence-electron chi connectivity index (χ4n) is 3.02. The second-order valence-corrected chi connectivity index (χ2v) is 5.51. The lowest BCUT2D eigenvalue weighted by Gasteiger charge is -2.20. The Bertz CT molecular complexity index is 418. The molecule has 1 saturated carbocycles. The molecule has 1 aliphatic carbocycles. The lowest BCUT2D eigenvalue weighted by Crippen LogP contribution is -2.31. The highest BCUT2D eigenvalue weighted by molar-refractivity contribution is 6.42. The molecule has 0 aromatic heterocycles. The van der Waals surface area contributed by atoms with Crippen LogP contribution in [0, 0.1) is 5.92 Å². The second-order valence-electron chi connectivity index (χ2n) is 4.70. The summed E-state index contributed by atoms with van der Waals surface area (Å²) in [5.74, 6) is 0.796. The first kappa shape index (κ1) is 9.95. The lowest BCUT2D eigenvalue weighted by molar-refractivity contribution is 0.520. The number of nitrogens with one attached hydrogen (secondary N) is 1. The second kappa shape index (κ2) is 3.13. The highest BCUT2D eigenvalue weighted by atomic mass is 35.5. The van der Waals surface area contributed by atoms with Gasteiger partial charge >= 0.3 is 0 Å². The van der Waals surface area contributed by atoms with Gasteiger partial charge in [-0.05, 0) is 43.5 Å². The SMILES string of the molecule is CC1NC[C@@H]2C[C@@]12c1ccc(Cl)c(Cl)c1. The van der Waals surface area contributed by atoms with E-state index < -0.39 is 0 Å². The molecule has 0 amide bonds. The van der Waals surface area contributed by atoms with Crippen LogP contribution in [0.15, 0.2) is 18.2 Å². The number of hydrogen-bond acceptors (Lipinski definition) is 1. The van der Waals surface area contributed by atoms with Crippen LogP contribution in [0.3, 0.4) is 0 Å². The van der Waals surface area contributed by atoms with Crippen LogP contribution in [0.5, 0.6) is 0 Å². The molecule has 1 aromatic rings. The summed E-state index contributed by atoms with van der Waals surface area (Å²) in [6.45, 7) is 3.40. The Kier molecular flexibility index (Phi) is 2.08. The van der Waals surface area contributed by atoms with Crippen LogP contribution >= 0.6 is 23.2 Å². The fourth-order valence-corrected chi connectivity index (χ4v) is 3.32. The van der Waals surface area contributed by atoms with Crippen LogP contribution in [0.2, 0.25) is 10.0 Å². The molecule has 0 spiro atoms. The summed E-state index contributed by atoms with van der Waals surface area (Å²) in [6.07, 6.45) is 1.29. The molecular formula is C12H13Cl2N. The van der Waals surface area contributed by atoms with Gasteiger partial charge in [0, 0.05) is 11.5 Å². The van der Waals surface area contributed by atoms with Crippen molar-refractivity contribution in [1.29, 1.82) is 0 Å². The van der Waals surface area contributed by atoms with Gasteiger partial charge in [0.25, 0.3) is 0 Å². The van der Waals surface area contributed by atoms with Crippen LogP contribution in [0.25, 0.3) is 0 Å². The fraction of sp³-hybridized carbons (Fsp3) is 0.500. The minimum Gasteiger partial charge on any atom is -0.313 e. The number of fused-ring (bicyclic) bond motifs is 1. The van der Waals surface area contributed by atoms with E-state index in [2.05, 4.69) is 18.3 Å². The van der Waals surface area contributed by atoms with Crippen molar-refractivity contribution in [2.24, 2.45) is 5.92 Å². The molecule has 2 aliphatic rings. The molecule has 0 bridgehead atoms. The molecule has 3 heteroatoms. The molecule has 15 heavy (non-hydrogen) atoms. The van der Waals surface area contributed by atoms with Crippen LogP contribution in [0.1, 0.15) is 18.9 Å². The van der Waals surface area contributed by atoms with Gasteiger partial charge in [0.1, 0.15) is 0 Å². The molecule has 1 saturated heterocycles. The summed E-state index contributed by atoms with van der Waals surface area (Å²) in [4.78, 5) is 0.